The molecule has 0 saturated carbocycles. The predicted molar refractivity (Wildman–Crippen MR) is 106 cm³/mol. The number of nitrogens with one attached hydrogen (secondary N) is 1. The molecular weight excluding hydrogens is 386 g/mol. The number of carbonyl (C=O) groups excluding carboxylic acids is 1. The Morgan fingerprint density at radius 3 is 2.78 bits per heavy atom. The molecule has 2 atom stereocenters. The molecule has 0 aromatic carbocycles. The Labute approximate surface area is 165 Å². The number of hydrogen-bond donors (Lipinski definition) is 1. The minimum absolute atomic E-state index is 0.0629. The van der Waals surface area contributed by atoms with Crippen molar-refractivity contribution in [3.8, 4) is 0 Å². The fraction of sp³-hybridized carbons (Fsp3) is 0.722. The Balaban J connectivity index is 1.63. The lowest BCUT2D eigenvalue weighted by Gasteiger charge is -2.32. The zero-order valence-electron chi connectivity index (χ0n) is 15.8. The molecule has 0 unspecified atom stereocenters. The first-order chi connectivity index (χ1) is 13.0. The van der Waals surface area contributed by atoms with E-state index in [1.807, 2.05) is 11.4 Å². The number of piperidine rings is 1. The molecule has 0 aliphatic carbocycles. The summed E-state index contributed by atoms with van der Waals surface area (Å²) >= 11 is 1.66. The van der Waals surface area contributed by atoms with Crippen molar-refractivity contribution in [2.75, 3.05) is 39.3 Å². The van der Waals surface area contributed by atoms with Crippen LogP contribution in [0.1, 0.15) is 43.5 Å². The van der Waals surface area contributed by atoms with Crippen LogP contribution in [0.25, 0.3) is 0 Å². The minimum atomic E-state index is -3.63. The molecule has 2 aliphatic heterocycles. The van der Waals surface area contributed by atoms with Crippen LogP contribution in [0.15, 0.2) is 17.5 Å². The average molecular weight is 416 g/mol. The Morgan fingerprint density at radius 1 is 1.33 bits per heavy atom. The fourth-order valence-electron chi connectivity index (χ4n) is 3.83. The molecule has 0 spiro atoms. The molecule has 0 bridgehead atoms. The van der Waals surface area contributed by atoms with Gasteiger partial charge in [-0.05, 0) is 57.1 Å². The van der Waals surface area contributed by atoms with Crippen molar-refractivity contribution >= 4 is 27.5 Å². The first kappa shape index (κ1) is 20.7. The van der Waals surface area contributed by atoms with Crippen molar-refractivity contribution in [2.24, 2.45) is 5.92 Å². The topological polar surface area (TPSA) is 78.9 Å². The number of carbonyl (C=O) groups is 1. The zero-order chi connectivity index (χ0) is 19.3. The SMILES string of the molecule is CCOC(=O)[C@H]1CCCN(S(=O)(=O)NC[C@H](c2cccs2)N2CCCC2)C1. The number of hydrogen-bond acceptors (Lipinski definition) is 6. The lowest BCUT2D eigenvalue weighted by molar-refractivity contribution is -0.149. The number of esters is 1. The lowest BCUT2D eigenvalue weighted by atomic mass is 10.0. The Bertz CT molecular complexity index is 702. The summed E-state index contributed by atoms with van der Waals surface area (Å²) in [6.07, 6.45) is 3.66. The Hall–Kier alpha value is -1.00. The van der Waals surface area contributed by atoms with Crippen LogP contribution in [-0.4, -0.2) is 62.9 Å². The van der Waals surface area contributed by atoms with E-state index in [0.29, 0.717) is 32.5 Å². The van der Waals surface area contributed by atoms with Crippen LogP contribution in [0.4, 0.5) is 0 Å². The van der Waals surface area contributed by atoms with E-state index in [9.17, 15) is 13.2 Å². The second-order valence-corrected chi connectivity index (χ2v) is 9.81. The summed E-state index contributed by atoms with van der Waals surface area (Å²) in [6, 6.07) is 4.14. The molecule has 1 aromatic heterocycles. The van der Waals surface area contributed by atoms with Crippen molar-refractivity contribution in [2.45, 2.75) is 38.6 Å². The monoisotopic (exact) mass is 415 g/mol. The van der Waals surface area contributed by atoms with E-state index >= 15 is 0 Å². The zero-order valence-corrected chi connectivity index (χ0v) is 17.4. The number of ether oxygens (including phenoxy) is 1. The van der Waals surface area contributed by atoms with E-state index < -0.39 is 10.2 Å². The summed E-state index contributed by atoms with van der Waals surface area (Å²) in [7, 11) is -3.63. The van der Waals surface area contributed by atoms with Crippen LogP contribution in [-0.2, 0) is 19.7 Å². The van der Waals surface area contributed by atoms with Crippen LogP contribution in [0, 0.1) is 5.92 Å². The quantitative estimate of drug-likeness (QED) is 0.657. The maximum atomic E-state index is 12.8. The van der Waals surface area contributed by atoms with Gasteiger partial charge in [0, 0.05) is 24.5 Å². The highest BCUT2D eigenvalue weighted by atomic mass is 32.2. The summed E-state index contributed by atoms with van der Waals surface area (Å²) in [5.74, 6) is -0.673. The highest BCUT2D eigenvalue weighted by molar-refractivity contribution is 7.87. The van der Waals surface area contributed by atoms with Gasteiger partial charge in [0.25, 0.3) is 10.2 Å². The molecule has 2 saturated heterocycles. The normalized spacial score (nSPS) is 23.4. The van der Waals surface area contributed by atoms with Crippen molar-refractivity contribution < 1.29 is 17.9 Å². The van der Waals surface area contributed by atoms with E-state index in [1.165, 1.54) is 9.18 Å². The van der Waals surface area contributed by atoms with Gasteiger partial charge in [0.2, 0.25) is 0 Å². The molecule has 27 heavy (non-hydrogen) atoms. The Morgan fingerprint density at radius 2 is 2.11 bits per heavy atom. The molecule has 9 heteroatoms. The van der Waals surface area contributed by atoms with Gasteiger partial charge in [-0.15, -0.1) is 11.3 Å². The fourth-order valence-corrected chi connectivity index (χ4v) is 5.99. The highest BCUT2D eigenvalue weighted by Gasteiger charge is 2.34. The van der Waals surface area contributed by atoms with Gasteiger partial charge in [-0.3, -0.25) is 9.69 Å². The summed E-state index contributed by atoms with van der Waals surface area (Å²) in [4.78, 5) is 15.5. The van der Waals surface area contributed by atoms with Gasteiger partial charge in [-0.25, -0.2) is 4.72 Å². The average Bonchev–Trinajstić information content (AvgIpc) is 3.37. The van der Waals surface area contributed by atoms with E-state index in [1.54, 1.807) is 18.3 Å². The predicted octanol–water partition coefficient (Wildman–Crippen LogP) is 1.99. The third kappa shape index (κ3) is 5.29. The molecular formula is C18H29N3O4S2. The van der Waals surface area contributed by atoms with Gasteiger partial charge in [0.05, 0.1) is 18.6 Å². The van der Waals surface area contributed by atoms with E-state index in [4.69, 9.17) is 4.74 Å². The largest absolute Gasteiger partial charge is 0.466 e. The lowest BCUT2D eigenvalue weighted by Crippen LogP contribution is -2.49. The van der Waals surface area contributed by atoms with Crippen molar-refractivity contribution in [1.82, 2.24) is 13.9 Å². The van der Waals surface area contributed by atoms with Crippen molar-refractivity contribution in [3.63, 3.8) is 0 Å². The standard InChI is InChI=1S/C18H29N3O4S2/c1-2-25-18(22)15-7-5-11-21(14-15)27(23,24)19-13-16(17-8-6-12-26-17)20-9-3-4-10-20/h6,8,12,15-16,19H,2-5,7,9-11,13-14H2,1H3/t15-,16+/m0/s1. The molecule has 1 aromatic rings. The van der Waals surface area contributed by atoms with Crippen molar-refractivity contribution in [3.05, 3.63) is 22.4 Å². The molecule has 2 aliphatic rings. The number of rotatable bonds is 8. The molecule has 7 nitrogen and oxygen atoms in total. The molecule has 1 N–H and O–H groups in total. The van der Waals surface area contributed by atoms with Gasteiger partial charge in [0.15, 0.2) is 0 Å². The smallest absolute Gasteiger partial charge is 0.310 e. The molecule has 0 radical (unpaired) electrons. The maximum absolute atomic E-state index is 12.8. The summed E-state index contributed by atoms with van der Waals surface area (Å²) in [5, 5.41) is 2.03. The number of likely N-dealkylation sites (tertiary alicyclic amines) is 1. The van der Waals surface area contributed by atoms with E-state index in [-0.39, 0.29) is 24.5 Å². The van der Waals surface area contributed by atoms with Crippen LogP contribution in [0.3, 0.4) is 0 Å². The molecule has 152 valence electrons. The van der Waals surface area contributed by atoms with Gasteiger partial charge < -0.3 is 4.74 Å². The minimum Gasteiger partial charge on any atom is -0.466 e. The molecule has 2 fully saturated rings. The first-order valence-electron chi connectivity index (χ1n) is 9.70. The van der Waals surface area contributed by atoms with E-state index in [0.717, 1.165) is 25.9 Å². The summed E-state index contributed by atoms with van der Waals surface area (Å²) in [6.45, 7) is 5.07. The molecule has 3 heterocycles. The van der Waals surface area contributed by atoms with Crippen LogP contribution in [0.2, 0.25) is 0 Å². The first-order valence-corrected chi connectivity index (χ1v) is 12.0. The Kier molecular flexibility index (Phi) is 7.27. The van der Waals surface area contributed by atoms with Gasteiger partial charge >= 0.3 is 5.97 Å². The number of nitrogens with zero attached hydrogens (tertiary/aromatic N) is 2. The van der Waals surface area contributed by atoms with Gasteiger partial charge in [0.1, 0.15) is 0 Å². The van der Waals surface area contributed by atoms with Gasteiger partial charge in [-0.1, -0.05) is 6.07 Å². The molecule has 0 amide bonds. The van der Waals surface area contributed by atoms with Crippen LogP contribution >= 0.6 is 11.3 Å². The summed E-state index contributed by atoms with van der Waals surface area (Å²) in [5.41, 5.74) is 0. The second kappa shape index (κ2) is 9.47. The third-order valence-corrected chi connectivity index (χ3v) is 7.77. The van der Waals surface area contributed by atoms with Crippen LogP contribution < -0.4 is 4.72 Å². The second-order valence-electron chi connectivity index (χ2n) is 7.08. The molecule has 3 rings (SSSR count). The van der Waals surface area contributed by atoms with Gasteiger partial charge in [-0.2, -0.15) is 12.7 Å². The van der Waals surface area contributed by atoms with Crippen molar-refractivity contribution in [1.29, 1.82) is 0 Å². The maximum Gasteiger partial charge on any atom is 0.310 e. The number of thiophene rings is 1. The highest BCUT2D eigenvalue weighted by Crippen LogP contribution is 2.28. The third-order valence-electron chi connectivity index (χ3n) is 5.26. The van der Waals surface area contributed by atoms with E-state index in [2.05, 4.69) is 15.7 Å². The van der Waals surface area contributed by atoms with Crippen LogP contribution in [0.5, 0.6) is 0 Å². The summed E-state index contributed by atoms with van der Waals surface area (Å²) < 4.78 is 35.0.